The van der Waals surface area contributed by atoms with E-state index in [2.05, 4.69) is 10.6 Å². The molecular formula is C23H22N2O6S. The number of ether oxygens (including phenoxy) is 1. The second-order valence-electron chi connectivity index (χ2n) is 6.92. The highest BCUT2D eigenvalue weighted by atomic mass is 32.2. The molecule has 32 heavy (non-hydrogen) atoms. The molecule has 0 unspecified atom stereocenters. The zero-order chi connectivity index (χ0) is 23.1. The second-order valence-corrected chi connectivity index (χ2v) is 8.49. The fourth-order valence-electron chi connectivity index (χ4n) is 2.82. The van der Waals surface area contributed by atoms with Gasteiger partial charge in [-0.3, -0.25) is 0 Å². The summed E-state index contributed by atoms with van der Waals surface area (Å²) in [5.74, 6) is -1.37. The maximum absolute atomic E-state index is 12.5. The average molecular weight is 455 g/mol. The minimum absolute atomic E-state index is 0.141. The van der Waals surface area contributed by atoms with Gasteiger partial charge in [-0.15, -0.1) is 0 Å². The van der Waals surface area contributed by atoms with E-state index in [9.17, 15) is 18.0 Å². The Hall–Kier alpha value is -3.85. The number of carbonyl (C=O) groups is 2. The Balaban J connectivity index is 1.77. The van der Waals surface area contributed by atoms with Crippen LogP contribution in [0.5, 0.6) is 5.75 Å². The van der Waals surface area contributed by atoms with Crippen LogP contribution in [0.25, 0.3) is 0 Å². The molecule has 0 saturated heterocycles. The van der Waals surface area contributed by atoms with Crippen molar-refractivity contribution in [1.29, 1.82) is 0 Å². The van der Waals surface area contributed by atoms with Crippen molar-refractivity contribution < 1.29 is 26.9 Å². The predicted molar refractivity (Wildman–Crippen MR) is 121 cm³/mol. The van der Waals surface area contributed by atoms with Gasteiger partial charge in [-0.1, -0.05) is 48.0 Å². The molecular weight excluding hydrogens is 432 g/mol. The van der Waals surface area contributed by atoms with Crippen LogP contribution in [0.3, 0.4) is 0 Å². The first-order valence-corrected chi connectivity index (χ1v) is 11.2. The van der Waals surface area contributed by atoms with Crippen molar-refractivity contribution in [3.8, 4) is 5.75 Å². The second kappa shape index (κ2) is 9.97. The molecule has 2 N–H and O–H groups in total. The summed E-state index contributed by atoms with van der Waals surface area (Å²) in [5.41, 5.74) is 2.29. The number of urea groups is 1. The van der Waals surface area contributed by atoms with Gasteiger partial charge in [0, 0.05) is 11.4 Å². The maximum Gasteiger partial charge on any atom is 0.341 e. The maximum atomic E-state index is 12.5. The number of methoxy groups -OCH3 is 1. The topological polar surface area (TPSA) is 111 Å². The Labute approximate surface area is 186 Å². The molecule has 0 aliphatic carbocycles. The third-order valence-corrected chi connectivity index (χ3v) is 5.48. The fraction of sp³-hybridized carbons (Fsp3) is 0.130. The van der Waals surface area contributed by atoms with Crippen molar-refractivity contribution in [2.45, 2.75) is 12.7 Å². The van der Waals surface area contributed by atoms with Crippen LogP contribution in [0.4, 0.5) is 16.2 Å². The third kappa shape index (κ3) is 6.32. The summed E-state index contributed by atoms with van der Waals surface area (Å²) in [6.45, 7) is 1.93. The summed E-state index contributed by atoms with van der Waals surface area (Å²) in [4.78, 5) is 24.5. The van der Waals surface area contributed by atoms with Crippen LogP contribution in [-0.2, 0) is 20.6 Å². The molecule has 0 atom stereocenters. The van der Waals surface area contributed by atoms with Crippen LogP contribution >= 0.6 is 0 Å². The highest BCUT2D eigenvalue weighted by Crippen LogP contribution is 2.26. The molecule has 166 valence electrons. The lowest BCUT2D eigenvalue weighted by Crippen LogP contribution is -2.20. The van der Waals surface area contributed by atoms with E-state index < -0.39 is 22.1 Å². The van der Waals surface area contributed by atoms with Crippen molar-refractivity contribution in [3.05, 3.63) is 89.5 Å². The Morgan fingerprint density at radius 1 is 0.875 bits per heavy atom. The van der Waals surface area contributed by atoms with E-state index in [1.165, 1.54) is 18.2 Å². The molecule has 8 nitrogen and oxygen atoms in total. The normalized spacial score (nSPS) is 10.8. The predicted octanol–water partition coefficient (Wildman–Crippen LogP) is 4.33. The summed E-state index contributed by atoms with van der Waals surface area (Å²) in [5, 5.41) is 5.26. The van der Waals surface area contributed by atoms with Gasteiger partial charge in [0.15, 0.2) is 5.75 Å². The minimum Gasteiger partial charge on any atom is -0.465 e. The van der Waals surface area contributed by atoms with Gasteiger partial charge in [0.1, 0.15) is 11.3 Å². The lowest BCUT2D eigenvalue weighted by Gasteiger charge is -2.13. The Morgan fingerprint density at radius 3 is 2.16 bits per heavy atom. The van der Waals surface area contributed by atoms with E-state index >= 15 is 0 Å². The number of anilines is 2. The number of amides is 2. The van der Waals surface area contributed by atoms with Crippen LogP contribution in [0.1, 0.15) is 21.5 Å². The van der Waals surface area contributed by atoms with Crippen LogP contribution in [0.2, 0.25) is 0 Å². The minimum atomic E-state index is -4.04. The van der Waals surface area contributed by atoms with Crippen LogP contribution in [0.15, 0.2) is 72.8 Å². The van der Waals surface area contributed by atoms with E-state index in [0.717, 1.165) is 12.7 Å². The number of rotatable bonds is 7. The molecule has 9 heteroatoms. The summed E-state index contributed by atoms with van der Waals surface area (Å²) >= 11 is 0. The smallest absolute Gasteiger partial charge is 0.341 e. The largest absolute Gasteiger partial charge is 0.465 e. The molecule has 0 heterocycles. The van der Waals surface area contributed by atoms with Crippen LogP contribution in [-0.4, -0.2) is 27.5 Å². The molecule has 3 rings (SSSR count). The number of nitrogens with one attached hydrogen (secondary N) is 2. The van der Waals surface area contributed by atoms with Gasteiger partial charge < -0.3 is 19.6 Å². The highest BCUT2D eigenvalue weighted by Gasteiger charge is 2.21. The lowest BCUT2D eigenvalue weighted by atomic mass is 10.2. The molecule has 3 aromatic carbocycles. The van der Waals surface area contributed by atoms with Gasteiger partial charge in [-0.05, 0) is 42.8 Å². The number of benzene rings is 3. The Bertz CT molecular complexity index is 1210. The molecule has 0 fully saturated rings. The van der Waals surface area contributed by atoms with Crippen LogP contribution < -0.4 is 14.8 Å². The number of hydrogen-bond acceptors (Lipinski definition) is 6. The molecule has 2 amide bonds. The number of carbonyl (C=O) groups excluding carboxylic acids is 2. The Morgan fingerprint density at radius 2 is 1.50 bits per heavy atom. The Kier molecular flexibility index (Phi) is 7.11. The molecule has 0 saturated carbocycles. The zero-order valence-electron chi connectivity index (χ0n) is 17.5. The number of aryl methyl sites for hydroxylation is 1. The fourth-order valence-corrected chi connectivity index (χ4v) is 3.90. The van der Waals surface area contributed by atoms with E-state index in [1.54, 1.807) is 42.5 Å². The first kappa shape index (κ1) is 22.8. The van der Waals surface area contributed by atoms with Crippen molar-refractivity contribution in [3.63, 3.8) is 0 Å². The summed E-state index contributed by atoms with van der Waals surface area (Å²) in [6.07, 6.45) is 0. The van der Waals surface area contributed by atoms with Gasteiger partial charge in [-0.25, -0.2) is 9.59 Å². The van der Waals surface area contributed by atoms with Crippen molar-refractivity contribution in [2.24, 2.45) is 0 Å². The van der Waals surface area contributed by atoms with E-state index in [4.69, 9.17) is 8.92 Å². The molecule has 0 spiro atoms. The van der Waals surface area contributed by atoms with Crippen LogP contribution in [0, 0.1) is 6.92 Å². The first-order valence-electron chi connectivity index (χ1n) is 9.59. The van der Waals surface area contributed by atoms with E-state index in [-0.39, 0.29) is 22.8 Å². The van der Waals surface area contributed by atoms with Crippen molar-refractivity contribution in [1.82, 2.24) is 0 Å². The summed E-state index contributed by atoms with van der Waals surface area (Å²) in [6, 6.07) is 19.2. The number of hydrogen-bond donors (Lipinski definition) is 2. The highest BCUT2D eigenvalue weighted by molar-refractivity contribution is 7.86. The van der Waals surface area contributed by atoms with Gasteiger partial charge in [-0.2, -0.15) is 8.42 Å². The molecule has 0 bridgehead atoms. The molecule has 0 aliphatic heterocycles. The monoisotopic (exact) mass is 454 g/mol. The molecule has 0 radical (unpaired) electrons. The van der Waals surface area contributed by atoms with E-state index in [0.29, 0.717) is 11.3 Å². The van der Waals surface area contributed by atoms with Gasteiger partial charge in [0.2, 0.25) is 0 Å². The van der Waals surface area contributed by atoms with Crippen molar-refractivity contribution >= 4 is 33.5 Å². The SMILES string of the molecule is COC(=O)c1cc(NC(=O)Nc2ccc(C)cc2)ccc1OS(=O)(=O)Cc1ccccc1. The lowest BCUT2D eigenvalue weighted by molar-refractivity contribution is 0.0599. The molecule has 0 aliphatic rings. The van der Waals surface area contributed by atoms with Gasteiger partial charge in [0.25, 0.3) is 0 Å². The quantitative estimate of drug-likeness (QED) is 0.406. The average Bonchev–Trinajstić information content (AvgIpc) is 2.76. The van der Waals surface area contributed by atoms with Crippen molar-refractivity contribution in [2.75, 3.05) is 17.7 Å². The number of esters is 1. The van der Waals surface area contributed by atoms with Gasteiger partial charge in [0.05, 0.1) is 7.11 Å². The molecule has 3 aromatic rings. The standard InChI is InChI=1S/C23H22N2O6S/c1-16-8-10-18(11-9-16)24-23(27)25-19-12-13-21(20(14-19)22(26)30-2)31-32(28,29)15-17-6-4-3-5-7-17/h3-14H,15H2,1-2H3,(H2,24,25,27). The van der Waals surface area contributed by atoms with Gasteiger partial charge >= 0.3 is 22.1 Å². The summed E-state index contributed by atoms with van der Waals surface area (Å²) < 4.78 is 34.8. The first-order chi connectivity index (χ1) is 15.3. The van der Waals surface area contributed by atoms with E-state index in [1.807, 2.05) is 19.1 Å². The summed E-state index contributed by atoms with van der Waals surface area (Å²) in [7, 11) is -2.88. The molecule has 0 aromatic heterocycles. The zero-order valence-corrected chi connectivity index (χ0v) is 18.3. The third-order valence-electron chi connectivity index (χ3n) is 4.36.